The van der Waals surface area contributed by atoms with Crippen molar-refractivity contribution in [1.82, 2.24) is 9.97 Å². The van der Waals surface area contributed by atoms with Crippen molar-refractivity contribution in [3.8, 4) is 0 Å². The van der Waals surface area contributed by atoms with Crippen LogP contribution in [0, 0.1) is 5.82 Å². The molecule has 0 aliphatic heterocycles. The lowest BCUT2D eigenvalue weighted by atomic mass is 10.3. The number of nitrogens with zero attached hydrogens (tertiary/aromatic N) is 3. The Hall–Kier alpha value is -1.49. The van der Waals surface area contributed by atoms with Gasteiger partial charge in [0.1, 0.15) is 22.1 Å². The molecule has 0 radical (unpaired) electrons. The van der Waals surface area contributed by atoms with E-state index in [2.05, 4.69) is 25.9 Å². The van der Waals surface area contributed by atoms with Gasteiger partial charge in [-0.2, -0.15) is 0 Å². The summed E-state index contributed by atoms with van der Waals surface area (Å²) in [5, 5.41) is 0. The molecule has 0 aliphatic rings. The Balaban J connectivity index is 2.43. The quantitative estimate of drug-likeness (QED) is 0.809. The minimum Gasteiger partial charge on any atom is -0.327 e. The standard InChI is InChI=1S/C13H13BrFN3/c1-3-12-16-11(14)8-13(17-12)18(2)10-7-5-4-6-9(10)15/h4-8H,3H2,1-2H3. The van der Waals surface area contributed by atoms with Gasteiger partial charge in [-0.3, -0.25) is 0 Å². The van der Waals surface area contributed by atoms with E-state index in [9.17, 15) is 4.39 Å². The highest BCUT2D eigenvalue weighted by molar-refractivity contribution is 9.10. The van der Waals surface area contributed by atoms with E-state index in [0.29, 0.717) is 16.1 Å². The molecule has 94 valence electrons. The molecule has 0 saturated carbocycles. The van der Waals surface area contributed by atoms with Gasteiger partial charge < -0.3 is 4.90 Å². The molecule has 0 bridgehead atoms. The van der Waals surface area contributed by atoms with Crippen LogP contribution in [-0.2, 0) is 6.42 Å². The summed E-state index contributed by atoms with van der Waals surface area (Å²) in [6, 6.07) is 8.39. The zero-order valence-corrected chi connectivity index (χ0v) is 11.8. The number of aromatic nitrogens is 2. The maximum Gasteiger partial charge on any atom is 0.146 e. The molecule has 2 rings (SSSR count). The number of para-hydroxylation sites is 1. The molecule has 1 aromatic carbocycles. The summed E-state index contributed by atoms with van der Waals surface area (Å²) in [5.74, 6) is 1.12. The fraction of sp³-hybridized carbons (Fsp3) is 0.231. The maximum atomic E-state index is 13.7. The third-order valence-electron chi connectivity index (χ3n) is 2.60. The van der Waals surface area contributed by atoms with E-state index in [0.717, 1.165) is 12.2 Å². The summed E-state index contributed by atoms with van der Waals surface area (Å²) in [5.41, 5.74) is 0.491. The normalized spacial score (nSPS) is 10.4. The molecule has 0 spiro atoms. The number of aryl methyl sites for hydroxylation is 1. The van der Waals surface area contributed by atoms with Crippen molar-refractivity contribution in [2.45, 2.75) is 13.3 Å². The van der Waals surface area contributed by atoms with Gasteiger partial charge in [0.25, 0.3) is 0 Å². The van der Waals surface area contributed by atoms with Crippen LogP contribution in [0.2, 0.25) is 0 Å². The van der Waals surface area contributed by atoms with Gasteiger partial charge in [0, 0.05) is 19.5 Å². The molecule has 3 nitrogen and oxygen atoms in total. The van der Waals surface area contributed by atoms with Crippen molar-refractivity contribution in [1.29, 1.82) is 0 Å². The Morgan fingerprint density at radius 1 is 1.28 bits per heavy atom. The molecule has 0 atom stereocenters. The number of rotatable bonds is 3. The summed E-state index contributed by atoms with van der Waals surface area (Å²) >= 11 is 3.34. The Kier molecular flexibility index (Phi) is 3.91. The van der Waals surface area contributed by atoms with Crippen molar-refractivity contribution >= 4 is 27.4 Å². The molecular weight excluding hydrogens is 297 g/mol. The van der Waals surface area contributed by atoms with Crippen LogP contribution < -0.4 is 4.90 Å². The highest BCUT2D eigenvalue weighted by Gasteiger charge is 2.11. The summed E-state index contributed by atoms with van der Waals surface area (Å²) < 4.78 is 14.4. The van der Waals surface area contributed by atoms with E-state index in [4.69, 9.17) is 0 Å². The number of halogens is 2. The van der Waals surface area contributed by atoms with Crippen LogP contribution in [0.1, 0.15) is 12.7 Å². The predicted molar refractivity (Wildman–Crippen MR) is 73.6 cm³/mol. The molecule has 5 heteroatoms. The lowest BCUT2D eigenvalue weighted by molar-refractivity contribution is 0.627. The maximum absolute atomic E-state index is 13.7. The molecule has 0 unspecified atom stereocenters. The molecule has 0 N–H and O–H groups in total. The van der Waals surface area contributed by atoms with E-state index in [-0.39, 0.29) is 5.82 Å². The van der Waals surface area contributed by atoms with Crippen molar-refractivity contribution in [2.24, 2.45) is 0 Å². The first-order valence-electron chi connectivity index (χ1n) is 5.63. The van der Waals surface area contributed by atoms with Gasteiger partial charge >= 0.3 is 0 Å². The van der Waals surface area contributed by atoms with Gasteiger partial charge in [0.2, 0.25) is 0 Å². The fourth-order valence-electron chi connectivity index (χ4n) is 1.63. The van der Waals surface area contributed by atoms with E-state index in [1.54, 1.807) is 36.2 Å². The second-order valence-electron chi connectivity index (χ2n) is 3.83. The number of benzene rings is 1. The molecule has 0 amide bonds. The lowest BCUT2D eigenvalue weighted by Gasteiger charge is -2.19. The highest BCUT2D eigenvalue weighted by atomic mass is 79.9. The summed E-state index contributed by atoms with van der Waals surface area (Å²) in [7, 11) is 1.78. The molecule has 2 aromatic rings. The Bertz CT molecular complexity index is 560. The van der Waals surface area contributed by atoms with E-state index in [1.807, 2.05) is 6.92 Å². The van der Waals surface area contributed by atoms with Gasteiger partial charge in [-0.25, -0.2) is 14.4 Å². The molecule has 18 heavy (non-hydrogen) atoms. The Morgan fingerprint density at radius 2 is 2.00 bits per heavy atom. The van der Waals surface area contributed by atoms with Crippen LogP contribution in [0.4, 0.5) is 15.9 Å². The average molecular weight is 310 g/mol. The van der Waals surface area contributed by atoms with Crippen molar-refractivity contribution in [3.63, 3.8) is 0 Å². The van der Waals surface area contributed by atoms with Crippen LogP contribution in [0.3, 0.4) is 0 Å². The smallest absolute Gasteiger partial charge is 0.146 e. The van der Waals surface area contributed by atoms with Crippen molar-refractivity contribution < 1.29 is 4.39 Å². The van der Waals surface area contributed by atoms with E-state index in [1.165, 1.54) is 6.07 Å². The van der Waals surface area contributed by atoms with Crippen LogP contribution in [-0.4, -0.2) is 17.0 Å². The third-order valence-corrected chi connectivity index (χ3v) is 3.01. The fourth-order valence-corrected chi connectivity index (χ4v) is 2.04. The second kappa shape index (κ2) is 5.44. The van der Waals surface area contributed by atoms with Crippen LogP contribution in [0.15, 0.2) is 34.9 Å². The number of hydrogen-bond acceptors (Lipinski definition) is 3. The van der Waals surface area contributed by atoms with Crippen molar-refractivity contribution in [3.05, 3.63) is 46.6 Å². The zero-order chi connectivity index (χ0) is 13.1. The monoisotopic (exact) mass is 309 g/mol. The van der Waals surface area contributed by atoms with E-state index >= 15 is 0 Å². The van der Waals surface area contributed by atoms with Gasteiger partial charge in [-0.05, 0) is 28.1 Å². The van der Waals surface area contributed by atoms with Gasteiger partial charge in [0.05, 0.1) is 5.69 Å². The summed E-state index contributed by atoms with van der Waals surface area (Å²) in [6.45, 7) is 1.98. The largest absolute Gasteiger partial charge is 0.327 e. The topological polar surface area (TPSA) is 29.0 Å². The molecule has 1 aromatic heterocycles. The minimum absolute atomic E-state index is 0.271. The first-order valence-corrected chi connectivity index (χ1v) is 6.43. The molecule has 0 saturated heterocycles. The van der Waals surface area contributed by atoms with Gasteiger partial charge in [-0.1, -0.05) is 19.1 Å². The van der Waals surface area contributed by atoms with Gasteiger partial charge in [0.15, 0.2) is 0 Å². The first-order chi connectivity index (χ1) is 8.61. The second-order valence-corrected chi connectivity index (χ2v) is 4.64. The summed E-state index contributed by atoms with van der Waals surface area (Å²) in [6.07, 6.45) is 0.734. The van der Waals surface area contributed by atoms with Crippen LogP contribution >= 0.6 is 15.9 Å². The highest BCUT2D eigenvalue weighted by Crippen LogP contribution is 2.26. The Labute approximate surface area is 114 Å². The minimum atomic E-state index is -0.271. The molecule has 0 fully saturated rings. The zero-order valence-electron chi connectivity index (χ0n) is 10.2. The number of anilines is 2. The first kappa shape index (κ1) is 13.0. The third kappa shape index (κ3) is 2.67. The lowest BCUT2D eigenvalue weighted by Crippen LogP contribution is -2.14. The molecule has 0 aliphatic carbocycles. The van der Waals surface area contributed by atoms with Crippen LogP contribution in [0.5, 0.6) is 0 Å². The molecular formula is C13H13BrFN3. The van der Waals surface area contributed by atoms with Crippen molar-refractivity contribution in [2.75, 3.05) is 11.9 Å². The Morgan fingerprint density at radius 3 is 2.67 bits per heavy atom. The van der Waals surface area contributed by atoms with Crippen LogP contribution in [0.25, 0.3) is 0 Å². The number of hydrogen-bond donors (Lipinski definition) is 0. The summed E-state index contributed by atoms with van der Waals surface area (Å²) in [4.78, 5) is 10.3. The predicted octanol–water partition coefficient (Wildman–Crippen LogP) is 3.71. The van der Waals surface area contributed by atoms with Gasteiger partial charge in [-0.15, -0.1) is 0 Å². The SMILES string of the molecule is CCc1nc(Br)cc(N(C)c2ccccc2F)n1. The molecule has 1 heterocycles. The average Bonchev–Trinajstić information content (AvgIpc) is 2.37. The van der Waals surface area contributed by atoms with E-state index < -0.39 is 0 Å².